The van der Waals surface area contributed by atoms with E-state index in [1.54, 1.807) is 0 Å². The van der Waals surface area contributed by atoms with Crippen molar-refractivity contribution < 1.29 is 0 Å². The summed E-state index contributed by atoms with van der Waals surface area (Å²) in [5.41, 5.74) is 8.29. The van der Waals surface area contributed by atoms with Gasteiger partial charge in [-0.2, -0.15) is 0 Å². The lowest BCUT2D eigenvalue weighted by molar-refractivity contribution is 0.297. The van der Waals surface area contributed by atoms with E-state index in [9.17, 15) is 0 Å². The molecule has 2 heteroatoms. The van der Waals surface area contributed by atoms with Crippen LogP contribution < -0.4 is 10.6 Å². The number of benzene rings is 1. The summed E-state index contributed by atoms with van der Waals surface area (Å²) >= 11 is 0. The van der Waals surface area contributed by atoms with Crippen LogP contribution in [0.5, 0.6) is 0 Å². The van der Waals surface area contributed by atoms with Crippen molar-refractivity contribution in [3.8, 4) is 0 Å². The largest absolute Gasteiger partial charge is 0.368 e. The first-order valence-corrected chi connectivity index (χ1v) is 7.17. The van der Waals surface area contributed by atoms with E-state index < -0.39 is 0 Å². The quantitative estimate of drug-likeness (QED) is 0.888. The third-order valence-electron chi connectivity index (χ3n) is 4.30. The van der Waals surface area contributed by atoms with E-state index >= 15 is 0 Å². The maximum Gasteiger partial charge on any atom is 0.0368 e. The molecule has 0 spiro atoms. The average molecular weight is 246 g/mol. The minimum absolute atomic E-state index is 0.640. The van der Waals surface area contributed by atoms with E-state index in [1.165, 1.54) is 24.2 Å². The van der Waals surface area contributed by atoms with Crippen LogP contribution in [0.4, 0.5) is 5.69 Å². The van der Waals surface area contributed by atoms with Crippen LogP contribution in [-0.2, 0) is 6.42 Å². The van der Waals surface area contributed by atoms with Crippen LogP contribution in [0.15, 0.2) is 24.3 Å². The number of hydrogen-bond acceptors (Lipinski definition) is 2. The molecule has 1 saturated heterocycles. The first-order chi connectivity index (χ1) is 8.61. The Kier molecular flexibility index (Phi) is 4.28. The summed E-state index contributed by atoms with van der Waals surface area (Å²) < 4.78 is 0. The highest BCUT2D eigenvalue weighted by atomic mass is 15.2. The van der Waals surface area contributed by atoms with Gasteiger partial charge in [0, 0.05) is 18.3 Å². The van der Waals surface area contributed by atoms with Gasteiger partial charge < -0.3 is 10.6 Å². The molecular formula is C16H26N2. The second-order valence-electron chi connectivity index (χ2n) is 5.92. The van der Waals surface area contributed by atoms with E-state index in [2.05, 4.69) is 49.9 Å². The van der Waals surface area contributed by atoms with Gasteiger partial charge in [-0.25, -0.2) is 0 Å². The topological polar surface area (TPSA) is 29.3 Å². The molecule has 1 heterocycles. The average Bonchev–Trinajstić information content (AvgIpc) is 2.35. The molecule has 2 rings (SSSR count). The summed E-state index contributed by atoms with van der Waals surface area (Å²) in [6, 6.07) is 9.59. The van der Waals surface area contributed by atoms with Crippen molar-refractivity contribution in [1.82, 2.24) is 0 Å². The molecule has 1 aromatic carbocycles. The SMILES string of the molecule is CC1CC(C)C(C)N(c2ccc(CCN)cc2)C1. The number of nitrogens with two attached hydrogens (primary N) is 1. The number of piperidine rings is 1. The molecule has 1 fully saturated rings. The molecule has 0 aromatic heterocycles. The molecule has 0 aliphatic carbocycles. The summed E-state index contributed by atoms with van der Waals surface area (Å²) in [5, 5.41) is 0. The van der Waals surface area contributed by atoms with Gasteiger partial charge in [0.2, 0.25) is 0 Å². The van der Waals surface area contributed by atoms with E-state index in [1.807, 2.05) is 0 Å². The number of hydrogen-bond donors (Lipinski definition) is 1. The summed E-state index contributed by atoms with van der Waals surface area (Å²) in [7, 11) is 0. The molecule has 1 aliphatic heterocycles. The third-order valence-corrected chi connectivity index (χ3v) is 4.30. The van der Waals surface area contributed by atoms with Crippen molar-refractivity contribution in [3.05, 3.63) is 29.8 Å². The Morgan fingerprint density at radius 1 is 1.17 bits per heavy atom. The summed E-state index contributed by atoms with van der Waals surface area (Å²) in [5.74, 6) is 1.57. The number of rotatable bonds is 3. The molecule has 0 radical (unpaired) electrons. The Bertz CT molecular complexity index is 371. The molecule has 100 valence electrons. The minimum atomic E-state index is 0.640. The summed E-state index contributed by atoms with van der Waals surface area (Å²) in [6.07, 6.45) is 2.32. The van der Waals surface area contributed by atoms with E-state index in [0.29, 0.717) is 6.04 Å². The van der Waals surface area contributed by atoms with Crippen molar-refractivity contribution in [2.24, 2.45) is 17.6 Å². The predicted molar refractivity (Wildman–Crippen MR) is 79.0 cm³/mol. The molecule has 18 heavy (non-hydrogen) atoms. The highest BCUT2D eigenvalue weighted by Crippen LogP contribution is 2.31. The van der Waals surface area contributed by atoms with Crippen LogP contribution in [0.3, 0.4) is 0 Å². The lowest BCUT2D eigenvalue weighted by atomic mass is 9.85. The van der Waals surface area contributed by atoms with Gasteiger partial charge in [-0.3, -0.25) is 0 Å². The molecule has 2 N–H and O–H groups in total. The normalized spacial score (nSPS) is 28.4. The second-order valence-corrected chi connectivity index (χ2v) is 5.92. The molecule has 1 aliphatic rings. The highest BCUT2D eigenvalue weighted by molar-refractivity contribution is 5.49. The highest BCUT2D eigenvalue weighted by Gasteiger charge is 2.28. The van der Waals surface area contributed by atoms with E-state index in [4.69, 9.17) is 5.73 Å². The zero-order valence-corrected chi connectivity index (χ0v) is 11.9. The summed E-state index contributed by atoms with van der Waals surface area (Å²) in [6.45, 7) is 8.99. The molecule has 3 atom stereocenters. The zero-order valence-electron chi connectivity index (χ0n) is 11.9. The Morgan fingerprint density at radius 3 is 2.44 bits per heavy atom. The minimum Gasteiger partial charge on any atom is -0.368 e. The molecule has 3 unspecified atom stereocenters. The van der Waals surface area contributed by atoms with Gasteiger partial charge in [0.25, 0.3) is 0 Å². The molecule has 2 nitrogen and oxygen atoms in total. The third kappa shape index (κ3) is 2.86. The van der Waals surface area contributed by atoms with Crippen molar-refractivity contribution in [2.75, 3.05) is 18.0 Å². The predicted octanol–water partition coefficient (Wildman–Crippen LogP) is 3.06. The van der Waals surface area contributed by atoms with Crippen LogP contribution in [0.2, 0.25) is 0 Å². The Labute approximate surface area is 111 Å². The maximum atomic E-state index is 5.59. The monoisotopic (exact) mass is 246 g/mol. The van der Waals surface area contributed by atoms with Crippen molar-refractivity contribution in [2.45, 2.75) is 39.7 Å². The first-order valence-electron chi connectivity index (χ1n) is 7.17. The first kappa shape index (κ1) is 13.4. The van der Waals surface area contributed by atoms with Crippen molar-refractivity contribution in [1.29, 1.82) is 0 Å². The van der Waals surface area contributed by atoms with Crippen LogP contribution >= 0.6 is 0 Å². The Hall–Kier alpha value is -1.02. The van der Waals surface area contributed by atoms with E-state index in [-0.39, 0.29) is 0 Å². The fourth-order valence-corrected chi connectivity index (χ4v) is 3.08. The van der Waals surface area contributed by atoms with Gasteiger partial charge in [-0.05, 0) is 55.8 Å². The van der Waals surface area contributed by atoms with Crippen molar-refractivity contribution >= 4 is 5.69 Å². The van der Waals surface area contributed by atoms with Crippen molar-refractivity contribution in [3.63, 3.8) is 0 Å². The number of nitrogens with zero attached hydrogens (tertiary/aromatic N) is 1. The van der Waals surface area contributed by atoms with E-state index in [0.717, 1.165) is 24.8 Å². The molecule has 0 saturated carbocycles. The maximum absolute atomic E-state index is 5.59. The Morgan fingerprint density at radius 2 is 1.83 bits per heavy atom. The van der Waals surface area contributed by atoms with Crippen LogP contribution in [-0.4, -0.2) is 19.1 Å². The fourth-order valence-electron chi connectivity index (χ4n) is 3.08. The van der Waals surface area contributed by atoms with Gasteiger partial charge >= 0.3 is 0 Å². The summed E-state index contributed by atoms with van der Waals surface area (Å²) in [4.78, 5) is 2.56. The van der Waals surface area contributed by atoms with Gasteiger partial charge in [-0.1, -0.05) is 26.0 Å². The molecule has 0 bridgehead atoms. The zero-order chi connectivity index (χ0) is 13.1. The van der Waals surface area contributed by atoms with Gasteiger partial charge in [0.05, 0.1) is 0 Å². The lowest BCUT2D eigenvalue weighted by Crippen LogP contribution is -2.45. The smallest absolute Gasteiger partial charge is 0.0368 e. The van der Waals surface area contributed by atoms with Gasteiger partial charge in [0.15, 0.2) is 0 Å². The molecule has 0 amide bonds. The standard InChI is InChI=1S/C16H26N2/c1-12-10-13(2)14(3)18(11-12)16-6-4-15(5-7-16)8-9-17/h4-7,12-14H,8-11,17H2,1-3H3. The Balaban J connectivity index is 2.14. The van der Waals surface area contributed by atoms with Crippen LogP contribution in [0.25, 0.3) is 0 Å². The second kappa shape index (κ2) is 5.75. The molecule has 1 aromatic rings. The number of anilines is 1. The van der Waals surface area contributed by atoms with Gasteiger partial charge in [-0.15, -0.1) is 0 Å². The lowest BCUT2D eigenvalue weighted by Gasteiger charge is -2.42. The fraction of sp³-hybridized carbons (Fsp3) is 0.625. The molecular weight excluding hydrogens is 220 g/mol. The van der Waals surface area contributed by atoms with Crippen LogP contribution in [0.1, 0.15) is 32.8 Å². The van der Waals surface area contributed by atoms with Crippen LogP contribution in [0, 0.1) is 11.8 Å². The van der Waals surface area contributed by atoms with Gasteiger partial charge in [0.1, 0.15) is 0 Å².